The van der Waals surface area contributed by atoms with E-state index in [0.717, 1.165) is 44.6 Å². The van der Waals surface area contributed by atoms with E-state index in [-0.39, 0.29) is 0 Å². The molecule has 0 saturated carbocycles. The van der Waals surface area contributed by atoms with Crippen molar-refractivity contribution in [2.45, 2.75) is 0 Å². The van der Waals surface area contributed by atoms with Crippen molar-refractivity contribution in [1.82, 2.24) is 23.3 Å². The molecule has 0 fully saturated rings. The van der Waals surface area contributed by atoms with Crippen LogP contribution >= 0.6 is 0 Å². The Hall–Kier alpha value is -7.62. The maximum Gasteiger partial charge on any atom is 0.0991 e. The number of nitrogens with zero attached hydrogens (tertiary/aromatic N) is 6. The third-order valence-electron chi connectivity index (χ3n) is 12.1. The van der Waals surface area contributed by atoms with Crippen molar-refractivity contribution in [2.24, 2.45) is 14.1 Å². The van der Waals surface area contributed by atoms with Crippen molar-refractivity contribution < 1.29 is 0 Å². The number of aromatic nitrogens is 5. The molecule has 0 aliphatic carbocycles. The van der Waals surface area contributed by atoms with Crippen LogP contribution in [0.4, 0.5) is 0 Å². The molecule has 6 nitrogen and oxygen atoms in total. The molecule has 6 heteroatoms. The van der Waals surface area contributed by atoms with E-state index < -0.39 is 0 Å². The molecule has 0 spiro atoms. The fraction of sp³-hybridized carbons (Fsp3) is 0.0400. The number of rotatable bonds is 3. The normalized spacial score (nSPS) is 12.1. The van der Waals surface area contributed by atoms with Gasteiger partial charge in [-0.15, -0.1) is 0 Å². The van der Waals surface area contributed by atoms with E-state index in [1.807, 2.05) is 24.5 Å². The predicted molar refractivity (Wildman–Crippen MR) is 231 cm³/mol. The monoisotopic (exact) mass is 716 g/mol. The first kappa shape index (κ1) is 30.8. The minimum absolute atomic E-state index is 0.619. The Kier molecular flexibility index (Phi) is 6.16. The van der Waals surface area contributed by atoms with Gasteiger partial charge in [0.2, 0.25) is 0 Å². The fourth-order valence-corrected chi connectivity index (χ4v) is 9.71. The third kappa shape index (κ3) is 3.91. The zero-order chi connectivity index (χ0) is 37.2. The second-order valence-electron chi connectivity index (χ2n) is 14.8. The summed E-state index contributed by atoms with van der Waals surface area (Å²) >= 11 is 0. The molecule has 5 aromatic heterocycles. The van der Waals surface area contributed by atoms with Gasteiger partial charge in [-0.2, -0.15) is 5.26 Å². The molecule has 0 atom stereocenters. The Bertz CT molecular complexity index is 3460. The lowest BCUT2D eigenvalue weighted by Crippen LogP contribution is -2.06. The van der Waals surface area contributed by atoms with Crippen LogP contribution in [0, 0.1) is 11.3 Å². The Balaban J connectivity index is 1.30. The van der Waals surface area contributed by atoms with Crippen molar-refractivity contribution >= 4 is 87.2 Å². The van der Waals surface area contributed by atoms with E-state index in [1.165, 1.54) is 65.2 Å². The van der Waals surface area contributed by atoms with E-state index in [0.29, 0.717) is 5.56 Å². The summed E-state index contributed by atoms with van der Waals surface area (Å²) in [6.45, 7) is 0. The van der Waals surface area contributed by atoms with Crippen molar-refractivity contribution in [1.29, 1.82) is 5.26 Å². The molecule has 5 heterocycles. The summed E-state index contributed by atoms with van der Waals surface area (Å²) in [4.78, 5) is 5.13. The van der Waals surface area contributed by atoms with Crippen molar-refractivity contribution in [2.75, 3.05) is 0 Å². The van der Waals surface area contributed by atoms with E-state index in [9.17, 15) is 5.26 Å². The van der Waals surface area contributed by atoms with Gasteiger partial charge in [0.05, 0.1) is 68.5 Å². The molecule has 0 N–H and O–H groups in total. The number of hydrogen-bond acceptors (Lipinski definition) is 2. The second kappa shape index (κ2) is 11.2. The molecule has 12 rings (SSSR count). The molecular weight excluding hydrogens is 685 g/mol. The van der Waals surface area contributed by atoms with Crippen LogP contribution in [0.25, 0.3) is 110 Å². The lowest BCUT2D eigenvalue weighted by Gasteiger charge is -2.20. The first-order valence-electron chi connectivity index (χ1n) is 18.9. The first-order chi connectivity index (χ1) is 27.6. The summed E-state index contributed by atoms with van der Waals surface area (Å²) < 4.78 is 9.53. The summed E-state index contributed by atoms with van der Waals surface area (Å²) in [6, 6.07) is 54.2. The Morgan fingerprint density at radius 3 is 1.21 bits per heavy atom. The lowest BCUT2D eigenvalue weighted by molar-refractivity contribution is 1.01. The smallest absolute Gasteiger partial charge is 0.0991 e. The van der Waals surface area contributed by atoms with Crippen LogP contribution in [0.3, 0.4) is 0 Å². The van der Waals surface area contributed by atoms with Gasteiger partial charge in [-0.05, 0) is 42.0 Å². The largest absolute Gasteiger partial charge is 0.342 e. The third-order valence-corrected chi connectivity index (χ3v) is 12.1. The van der Waals surface area contributed by atoms with Crippen LogP contribution in [0.15, 0.2) is 158 Å². The molecule has 262 valence electrons. The molecule has 0 amide bonds. The number of para-hydroxylation sites is 4. The van der Waals surface area contributed by atoms with E-state index >= 15 is 0 Å². The average Bonchev–Trinajstić information content (AvgIpc) is 3.96. The fourth-order valence-electron chi connectivity index (χ4n) is 9.71. The van der Waals surface area contributed by atoms with Crippen LogP contribution in [0.1, 0.15) is 5.56 Å². The summed E-state index contributed by atoms with van der Waals surface area (Å²) in [5.41, 5.74) is 13.8. The standard InChI is InChI=1S/C50H32N6/c1-53-40-15-7-3-11-32(40)36-23-25-38-34-13-5-9-17-42(34)55(49(38)47(36)53)44-28-52-29-45(46(44)31-21-19-30(27-51)20-22-31)56-43-18-10-6-14-35(43)39-26-24-37-33-12-4-8-16-41(33)54(2)48(37)50(39)56/h3-26,28-29H,1-2H3. The van der Waals surface area contributed by atoms with Gasteiger partial charge < -0.3 is 18.3 Å². The van der Waals surface area contributed by atoms with Crippen molar-refractivity contribution in [3.63, 3.8) is 0 Å². The number of benzene rings is 7. The maximum atomic E-state index is 9.88. The summed E-state index contributed by atoms with van der Waals surface area (Å²) in [5.74, 6) is 0. The zero-order valence-electron chi connectivity index (χ0n) is 30.7. The molecular formula is C50H32N6. The molecule has 12 aromatic rings. The molecule has 0 unspecified atom stereocenters. The van der Waals surface area contributed by atoms with Crippen LogP contribution in [-0.4, -0.2) is 23.3 Å². The Labute approximate surface area is 320 Å². The van der Waals surface area contributed by atoms with Gasteiger partial charge in [0.1, 0.15) is 0 Å². The van der Waals surface area contributed by atoms with Crippen LogP contribution in [-0.2, 0) is 14.1 Å². The number of hydrogen-bond donors (Lipinski definition) is 0. The number of pyridine rings is 1. The van der Waals surface area contributed by atoms with Crippen LogP contribution in [0.5, 0.6) is 0 Å². The van der Waals surface area contributed by atoms with Crippen LogP contribution in [0.2, 0.25) is 0 Å². The summed E-state index contributed by atoms with van der Waals surface area (Å²) in [7, 11) is 4.35. The Morgan fingerprint density at radius 2 is 0.786 bits per heavy atom. The lowest BCUT2D eigenvalue weighted by atomic mass is 10.0. The second-order valence-corrected chi connectivity index (χ2v) is 14.8. The molecule has 56 heavy (non-hydrogen) atoms. The number of aryl methyl sites for hydroxylation is 2. The molecule has 7 aromatic carbocycles. The summed E-state index contributed by atoms with van der Waals surface area (Å²) in [6.07, 6.45) is 4.04. The highest BCUT2D eigenvalue weighted by Gasteiger charge is 2.26. The molecule has 0 bridgehead atoms. The molecule has 0 saturated heterocycles. The van der Waals surface area contributed by atoms with Crippen molar-refractivity contribution in [3.05, 3.63) is 164 Å². The van der Waals surface area contributed by atoms with Gasteiger partial charge in [-0.1, -0.05) is 109 Å². The highest BCUT2D eigenvalue weighted by molar-refractivity contribution is 6.25. The van der Waals surface area contributed by atoms with E-state index in [1.54, 1.807) is 0 Å². The average molecular weight is 717 g/mol. The highest BCUT2D eigenvalue weighted by atomic mass is 15.1. The van der Waals surface area contributed by atoms with Crippen LogP contribution < -0.4 is 0 Å². The molecule has 0 aliphatic heterocycles. The van der Waals surface area contributed by atoms with Gasteiger partial charge in [-0.25, -0.2) is 0 Å². The quantitative estimate of drug-likeness (QED) is 0.183. The molecule has 0 aliphatic rings. The minimum atomic E-state index is 0.619. The summed E-state index contributed by atoms with van der Waals surface area (Å²) in [5, 5.41) is 19.5. The Morgan fingerprint density at radius 1 is 0.411 bits per heavy atom. The highest BCUT2D eigenvalue weighted by Crippen LogP contribution is 2.46. The number of fused-ring (bicyclic) bond motifs is 14. The van der Waals surface area contributed by atoms with Crippen molar-refractivity contribution in [3.8, 4) is 28.6 Å². The number of nitriles is 1. The zero-order valence-corrected chi connectivity index (χ0v) is 30.7. The molecule has 0 radical (unpaired) electrons. The maximum absolute atomic E-state index is 9.88. The van der Waals surface area contributed by atoms with Gasteiger partial charge in [0.25, 0.3) is 0 Å². The SMILES string of the molecule is Cn1c2ccccc2c2ccc3c4ccccc4n(-c4cncc(-n5c6ccccc6c6ccc7c8ccccc8n(C)c7c65)c4-c4ccc(C#N)cc4)c3c21. The first-order valence-corrected chi connectivity index (χ1v) is 18.9. The van der Waals surface area contributed by atoms with E-state index in [4.69, 9.17) is 4.98 Å². The van der Waals surface area contributed by atoms with Gasteiger partial charge >= 0.3 is 0 Å². The van der Waals surface area contributed by atoms with E-state index in [2.05, 4.69) is 172 Å². The van der Waals surface area contributed by atoms with Gasteiger partial charge in [0, 0.05) is 73.8 Å². The van der Waals surface area contributed by atoms with Gasteiger partial charge in [-0.3, -0.25) is 4.98 Å². The topological polar surface area (TPSA) is 56.4 Å². The predicted octanol–water partition coefficient (Wildman–Crippen LogP) is 12.1. The van der Waals surface area contributed by atoms with Gasteiger partial charge in [0.15, 0.2) is 0 Å². The minimum Gasteiger partial charge on any atom is -0.342 e.